The van der Waals surface area contributed by atoms with Crippen LogP contribution in [0.5, 0.6) is 0 Å². The molecule has 0 aliphatic rings. The molecule has 0 aromatic heterocycles. The summed E-state index contributed by atoms with van der Waals surface area (Å²) in [6, 6.07) is 0. The Hall–Kier alpha value is 0.669. The van der Waals surface area contributed by atoms with E-state index >= 15 is 0 Å². The second kappa shape index (κ2) is 16.7. The number of unbranched alkanes of at least 4 members (excludes halogenated alkanes) is 13. The molecule has 0 amide bonds. The van der Waals surface area contributed by atoms with Gasteiger partial charge in [0.05, 0.1) is 0 Å². The van der Waals surface area contributed by atoms with Gasteiger partial charge in [0.25, 0.3) is 0 Å². The van der Waals surface area contributed by atoms with Gasteiger partial charge in [-0.1, -0.05) is 26.2 Å². The standard InChI is InChI=1S/C16H32.Sn/c1-3-5-7-9-11-13-15-16-14-12-10-8-6-4-2;/h1H,3-16H2,2H3;. The summed E-state index contributed by atoms with van der Waals surface area (Å²) in [5.74, 6) is 0. The van der Waals surface area contributed by atoms with Crippen molar-refractivity contribution in [1.29, 1.82) is 0 Å². The van der Waals surface area contributed by atoms with Crippen molar-refractivity contribution >= 4 is 26.1 Å². The van der Waals surface area contributed by atoms with Gasteiger partial charge in [0.1, 0.15) is 0 Å². The molecule has 0 bridgehead atoms. The zero-order valence-corrected chi connectivity index (χ0v) is 14.8. The molecule has 0 atom stereocenters. The monoisotopic (exact) mass is 344 g/mol. The molecule has 0 rings (SSSR count). The predicted molar refractivity (Wildman–Crippen MR) is 82.1 cm³/mol. The molecule has 0 aliphatic carbocycles. The van der Waals surface area contributed by atoms with E-state index in [1.165, 1.54) is 89.9 Å². The van der Waals surface area contributed by atoms with E-state index in [0.717, 1.165) is 0 Å². The van der Waals surface area contributed by atoms with Crippen molar-refractivity contribution in [1.82, 2.24) is 0 Å². The molecule has 0 unspecified atom stereocenters. The summed E-state index contributed by atoms with van der Waals surface area (Å²) in [6.45, 7) is 2.29. The van der Waals surface area contributed by atoms with Crippen molar-refractivity contribution in [3.8, 4) is 0 Å². The van der Waals surface area contributed by atoms with E-state index in [2.05, 4.69) is 10.9 Å². The molecule has 2 radical (unpaired) electrons. The van der Waals surface area contributed by atoms with Crippen LogP contribution in [0.4, 0.5) is 0 Å². The quantitative estimate of drug-likeness (QED) is 0.291. The molecule has 100 valence electrons. The van der Waals surface area contributed by atoms with Crippen LogP contribution in [0.3, 0.4) is 0 Å². The Morgan fingerprint density at radius 3 is 1.29 bits per heavy atom. The summed E-state index contributed by atoms with van der Waals surface area (Å²) < 4.78 is 2.38. The Bertz CT molecular complexity index is 142. The van der Waals surface area contributed by atoms with Crippen molar-refractivity contribution in [3.63, 3.8) is 0 Å². The SMILES string of the molecule is CCCCCCCCCCCCCCC[CH]=[Sn]. The van der Waals surface area contributed by atoms with Crippen LogP contribution in [-0.4, -0.2) is 26.1 Å². The maximum absolute atomic E-state index is 2.38. The number of hydrogen-bond donors (Lipinski definition) is 0. The fourth-order valence-electron chi connectivity index (χ4n) is 2.26. The van der Waals surface area contributed by atoms with Crippen LogP contribution in [0.1, 0.15) is 96.8 Å². The van der Waals surface area contributed by atoms with Gasteiger partial charge in [-0.2, -0.15) is 0 Å². The minimum absolute atomic E-state index is 1.36. The fraction of sp³-hybridized carbons (Fsp3) is 0.938. The first-order chi connectivity index (χ1) is 8.41. The van der Waals surface area contributed by atoms with Gasteiger partial charge in [0, 0.05) is 0 Å². The Labute approximate surface area is 123 Å². The van der Waals surface area contributed by atoms with Crippen LogP contribution in [0, 0.1) is 0 Å². The molecule has 1 heteroatoms. The van der Waals surface area contributed by atoms with Crippen molar-refractivity contribution in [2.45, 2.75) is 96.8 Å². The summed E-state index contributed by atoms with van der Waals surface area (Å²) in [6.07, 6.45) is 20.4. The zero-order chi connectivity index (χ0) is 12.6. The third kappa shape index (κ3) is 16.7. The summed E-state index contributed by atoms with van der Waals surface area (Å²) in [7, 11) is 0. The Kier molecular flexibility index (Phi) is 17.3. The third-order valence-electron chi connectivity index (χ3n) is 3.45. The fourth-order valence-corrected chi connectivity index (χ4v) is 2.85. The third-order valence-corrected chi connectivity index (χ3v) is 4.28. The molecule has 0 aromatic carbocycles. The van der Waals surface area contributed by atoms with Crippen LogP contribution in [0.25, 0.3) is 0 Å². The Morgan fingerprint density at radius 2 is 0.941 bits per heavy atom. The van der Waals surface area contributed by atoms with Gasteiger partial charge in [0.15, 0.2) is 0 Å². The number of rotatable bonds is 14. The van der Waals surface area contributed by atoms with Crippen LogP contribution >= 0.6 is 0 Å². The van der Waals surface area contributed by atoms with Gasteiger partial charge in [-0.25, -0.2) is 0 Å². The van der Waals surface area contributed by atoms with E-state index in [0.29, 0.717) is 0 Å². The van der Waals surface area contributed by atoms with Crippen LogP contribution in [-0.2, 0) is 0 Å². The van der Waals surface area contributed by atoms with Gasteiger partial charge in [0.2, 0.25) is 0 Å². The maximum atomic E-state index is 2.38. The molecule has 0 aliphatic heterocycles. The molecule has 0 aromatic rings. The van der Waals surface area contributed by atoms with E-state index in [9.17, 15) is 0 Å². The molecule has 0 nitrogen and oxygen atoms in total. The average Bonchev–Trinajstić information content (AvgIpc) is 2.35. The van der Waals surface area contributed by atoms with E-state index in [4.69, 9.17) is 0 Å². The van der Waals surface area contributed by atoms with Crippen molar-refractivity contribution in [2.75, 3.05) is 0 Å². The van der Waals surface area contributed by atoms with E-state index < -0.39 is 0 Å². The van der Waals surface area contributed by atoms with Crippen LogP contribution < -0.4 is 0 Å². The van der Waals surface area contributed by atoms with Gasteiger partial charge < -0.3 is 0 Å². The molecule has 0 heterocycles. The Morgan fingerprint density at radius 1 is 0.588 bits per heavy atom. The first-order valence-electron chi connectivity index (χ1n) is 7.90. The van der Waals surface area contributed by atoms with E-state index in [1.807, 2.05) is 0 Å². The molecule has 0 saturated heterocycles. The predicted octanol–water partition coefficient (Wildman–Crippen LogP) is 5.44. The van der Waals surface area contributed by atoms with Gasteiger partial charge in [-0.3, -0.25) is 0 Å². The van der Waals surface area contributed by atoms with Crippen molar-refractivity contribution in [2.24, 2.45) is 0 Å². The first-order valence-corrected chi connectivity index (χ1v) is 9.55. The zero-order valence-electron chi connectivity index (χ0n) is 12.0. The molecular weight excluding hydrogens is 311 g/mol. The van der Waals surface area contributed by atoms with Gasteiger partial charge in [-0.15, -0.1) is 0 Å². The Balaban J connectivity index is 2.87. The van der Waals surface area contributed by atoms with Gasteiger partial charge >= 0.3 is 96.7 Å². The normalized spacial score (nSPS) is 10.6. The molecule has 0 spiro atoms. The minimum atomic E-state index is 1.36. The second-order valence-electron chi connectivity index (χ2n) is 5.24. The summed E-state index contributed by atoms with van der Waals surface area (Å²) >= 11 is 1.60. The summed E-state index contributed by atoms with van der Waals surface area (Å²) in [4.78, 5) is 0. The topological polar surface area (TPSA) is 0 Å². The molecular formula is C16H32Sn. The van der Waals surface area contributed by atoms with Crippen molar-refractivity contribution in [3.05, 3.63) is 0 Å². The summed E-state index contributed by atoms with van der Waals surface area (Å²) in [5, 5.41) is 0. The van der Waals surface area contributed by atoms with Gasteiger partial charge in [-0.05, 0) is 0 Å². The number of hydrogen-bond acceptors (Lipinski definition) is 0. The second-order valence-corrected chi connectivity index (χ2v) is 6.40. The van der Waals surface area contributed by atoms with Crippen molar-refractivity contribution < 1.29 is 0 Å². The average molecular weight is 343 g/mol. The molecule has 0 saturated carbocycles. The van der Waals surface area contributed by atoms with Crippen LogP contribution in [0.2, 0.25) is 0 Å². The first kappa shape index (κ1) is 17.7. The molecule has 17 heavy (non-hydrogen) atoms. The molecule has 0 N–H and O–H groups in total. The van der Waals surface area contributed by atoms with E-state index in [1.54, 1.807) is 22.1 Å². The van der Waals surface area contributed by atoms with Crippen LogP contribution in [0.15, 0.2) is 0 Å². The summed E-state index contributed by atoms with van der Waals surface area (Å²) in [5.41, 5.74) is 0. The van der Waals surface area contributed by atoms with E-state index in [-0.39, 0.29) is 0 Å². The molecule has 0 fully saturated rings.